The van der Waals surface area contributed by atoms with Gasteiger partial charge in [0.25, 0.3) is 0 Å². The summed E-state index contributed by atoms with van der Waals surface area (Å²) in [6, 6.07) is 0. The summed E-state index contributed by atoms with van der Waals surface area (Å²) >= 11 is 0. The third-order valence-corrected chi connectivity index (χ3v) is 4.82. The van der Waals surface area contributed by atoms with E-state index in [1.165, 1.54) is 5.75 Å². The van der Waals surface area contributed by atoms with Crippen LogP contribution in [0.25, 0.3) is 0 Å². The Morgan fingerprint density at radius 1 is 1.15 bits per heavy atom. The maximum atomic E-state index is 5.82. The molecule has 2 heterocycles. The predicted octanol–water partition coefficient (Wildman–Crippen LogP) is 4.03. The summed E-state index contributed by atoms with van der Waals surface area (Å²) in [6.45, 7) is 4.34. The molecule has 6 heteroatoms. The number of anilines is 1. The number of hydrogen-bond donors (Lipinski definition) is 1. The van der Waals surface area contributed by atoms with Gasteiger partial charge in [-0.15, -0.1) is 10.2 Å². The van der Waals surface area contributed by atoms with Gasteiger partial charge >= 0.3 is 0 Å². The van der Waals surface area contributed by atoms with Gasteiger partial charge in [0.15, 0.2) is 5.82 Å². The van der Waals surface area contributed by atoms with Crippen LogP contribution in [0.5, 0.6) is 0 Å². The quantitative estimate of drug-likeness (QED) is 0.800. The van der Waals surface area contributed by atoms with Crippen LogP contribution in [0.4, 0.5) is 5.82 Å². The lowest BCUT2D eigenvalue weighted by atomic mass is 10.0. The van der Waals surface area contributed by atoms with Crippen molar-refractivity contribution >= 4 is 27.4 Å². The van der Waals surface area contributed by atoms with Crippen LogP contribution in [0.3, 0.4) is 0 Å². The fourth-order valence-electron chi connectivity index (χ4n) is 1.76. The first-order valence-electron chi connectivity index (χ1n) is 7.19. The van der Waals surface area contributed by atoms with Crippen molar-refractivity contribution in [3.63, 3.8) is 0 Å². The van der Waals surface area contributed by atoms with Crippen molar-refractivity contribution in [2.75, 3.05) is 11.5 Å². The Morgan fingerprint density at radius 3 is 2.45 bits per heavy atom. The molecule has 0 atom stereocenters. The fourth-order valence-corrected chi connectivity index (χ4v) is 3.33. The van der Waals surface area contributed by atoms with E-state index in [1.807, 2.05) is 21.6 Å². The van der Waals surface area contributed by atoms with Gasteiger partial charge in [-0.3, -0.25) is 0 Å². The summed E-state index contributed by atoms with van der Waals surface area (Å²) in [4.78, 5) is 0. The number of unbranched alkanes of at least 4 members (excludes halogenated alkanes) is 2. The molecule has 112 valence electrons. The Bertz CT molecular complexity index is 404. The molecule has 1 aromatic heterocycles. The van der Waals surface area contributed by atoms with Crippen LogP contribution < -0.4 is 5.73 Å². The number of aryl methyl sites for hydroxylation is 1. The van der Waals surface area contributed by atoms with Gasteiger partial charge in [0.05, 0.1) is 5.69 Å². The lowest BCUT2D eigenvalue weighted by Gasteiger charge is -2.08. The second-order valence-corrected chi connectivity index (χ2v) is 6.88. The predicted molar refractivity (Wildman–Crippen MR) is 90.7 cm³/mol. The third kappa shape index (κ3) is 6.61. The van der Waals surface area contributed by atoms with Gasteiger partial charge in [0, 0.05) is 11.3 Å². The number of nitrogen functional groups attached to an aromatic ring is 1. The molecule has 4 nitrogen and oxygen atoms in total. The zero-order chi connectivity index (χ0) is 14.6. The lowest BCUT2D eigenvalue weighted by Crippen LogP contribution is -2.08. The molecule has 0 bridgehead atoms. The van der Waals surface area contributed by atoms with Crippen LogP contribution in [0.2, 0.25) is 0 Å². The van der Waals surface area contributed by atoms with Crippen molar-refractivity contribution in [3.05, 3.63) is 22.7 Å². The van der Waals surface area contributed by atoms with E-state index in [4.69, 9.17) is 5.73 Å². The zero-order valence-corrected chi connectivity index (χ0v) is 14.0. The highest BCUT2D eigenvalue weighted by molar-refractivity contribution is 8.78. The van der Waals surface area contributed by atoms with Gasteiger partial charge < -0.3 is 5.73 Å². The van der Waals surface area contributed by atoms with Crippen LogP contribution in [0, 0.1) is 0 Å². The van der Waals surface area contributed by atoms with Gasteiger partial charge in [0.2, 0.25) is 0 Å². The molecule has 1 aromatic rings. The summed E-state index contributed by atoms with van der Waals surface area (Å²) in [7, 11) is 3.69. The van der Waals surface area contributed by atoms with Crippen LogP contribution >= 0.6 is 21.6 Å². The third-order valence-electron chi connectivity index (χ3n) is 2.91. The molecule has 0 spiro atoms. The Balaban J connectivity index is 0.000000333. The SMILES string of the molecule is C1=CSSC1.CCCCc1nnnc(N)c1CCCC. The molecule has 1 aliphatic heterocycles. The second kappa shape index (κ2) is 11.0. The number of hydrogen-bond acceptors (Lipinski definition) is 6. The van der Waals surface area contributed by atoms with Gasteiger partial charge in [0.1, 0.15) is 0 Å². The van der Waals surface area contributed by atoms with Crippen LogP contribution in [0.1, 0.15) is 50.8 Å². The molecule has 2 N–H and O–H groups in total. The molecular formula is C14H24N4S2. The molecule has 0 saturated heterocycles. The van der Waals surface area contributed by atoms with Gasteiger partial charge in [-0.2, -0.15) is 0 Å². The summed E-state index contributed by atoms with van der Waals surface area (Å²) in [5.74, 6) is 1.76. The maximum Gasteiger partial charge on any atom is 0.152 e. The topological polar surface area (TPSA) is 64.7 Å². The highest BCUT2D eigenvalue weighted by Gasteiger charge is 2.09. The Kier molecular flexibility index (Phi) is 9.49. The summed E-state index contributed by atoms with van der Waals surface area (Å²) in [6.07, 6.45) is 8.70. The summed E-state index contributed by atoms with van der Waals surface area (Å²) < 4.78 is 0. The minimum atomic E-state index is 0.560. The van der Waals surface area contributed by atoms with E-state index in [1.54, 1.807) is 0 Å². The molecule has 0 unspecified atom stereocenters. The van der Waals surface area contributed by atoms with E-state index in [0.29, 0.717) is 5.82 Å². The van der Waals surface area contributed by atoms with Crippen LogP contribution in [-0.2, 0) is 12.8 Å². The molecule has 0 amide bonds. The lowest BCUT2D eigenvalue weighted by molar-refractivity contribution is 0.702. The number of nitrogens with zero attached hydrogens (tertiary/aromatic N) is 3. The first-order valence-corrected chi connectivity index (χ1v) is 9.57. The summed E-state index contributed by atoms with van der Waals surface area (Å²) in [5, 5.41) is 13.7. The van der Waals surface area contributed by atoms with Gasteiger partial charge in [-0.1, -0.05) is 54.4 Å². The molecule has 0 aliphatic carbocycles. The first kappa shape index (κ1) is 17.3. The Hall–Kier alpha value is -0.750. The standard InChI is InChI=1S/C11H20N4.C3H4S2/c1-3-5-7-9-10(8-6-4-2)13-15-14-11(9)12;1-2-4-5-3-1/h3-8H2,1-2H3,(H2,12,13,14);1-2H,3H2. The average Bonchev–Trinajstić information content (AvgIpc) is 3.03. The van der Waals surface area contributed by atoms with Gasteiger partial charge in [-0.25, -0.2) is 0 Å². The van der Waals surface area contributed by atoms with Crippen molar-refractivity contribution in [2.24, 2.45) is 0 Å². The Morgan fingerprint density at radius 2 is 1.90 bits per heavy atom. The first-order chi connectivity index (χ1) is 9.79. The van der Waals surface area contributed by atoms with Crippen molar-refractivity contribution in [1.29, 1.82) is 0 Å². The van der Waals surface area contributed by atoms with Crippen LogP contribution in [0.15, 0.2) is 11.5 Å². The van der Waals surface area contributed by atoms with E-state index >= 15 is 0 Å². The van der Waals surface area contributed by atoms with E-state index < -0.39 is 0 Å². The molecule has 0 radical (unpaired) electrons. The van der Waals surface area contributed by atoms with E-state index in [9.17, 15) is 0 Å². The van der Waals surface area contributed by atoms with Crippen LogP contribution in [-0.4, -0.2) is 21.2 Å². The maximum absolute atomic E-state index is 5.82. The van der Waals surface area contributed by atoms with Gasteiger partial charge in [-0.05, 0) is 36.3 Å². The smallest absolute Gasteiger partial charge is 0.152 e. The highest BCUT2D eigenvalue weighted by Crippen LogP contribution is 2.27. The molecule has 1 aliphatic rings. The van der Waals surface area contributed by atoms with Crippen molar-refractivity contribution in [1.82, 2.24) is 15.4 Å². The highest BCUT2D eigenvalue weighted by atomic mass is 33.1. The fraction of sp³-hybridized carbons (Fsp3) is 0.643. The minimum absolute atomic E-state index is 0.560. The summed E-state index contributed by atoms with van der Waals surface area (Å²) in [5.41, 5.74) is 7.97. The normalized spacial score (nSPS) is 13.1. The van der Waals surface area contributed by atoms with Crippen molar-refractivity contribution in [2.45, 2.75) is 52.4 Å². The number of aromatic nitrogens is 3. The largest absolute Gasteiger partial charge is 0.382 e. The molecule has 0 saturated carbocycles. The minimum Gasteiger partial charge on any atom is -0.382 e. The van der Waals surface area contributed by atoms with E-state index in [2.05, 4.69) is 40.7 Å². The number of nitrogens with two attached hydrogens (primary N) is 1. The van der Waals surface area contributed by atoms with Crippen molar-refractivity contribution < 1.29 is 0 Å². The molecule has 0 aromatic carbocycles. The molecular weight excluding hydrogens is 288 g/mol. The number of rotatable bonds is 6. The molecule has 2 rings (SSSR count). The molecule has 0 fully saturated rings. The molecule has 20 heavy (non-hydrogen) atoms. The Labute approximate surface area is 129 Å². The van der Waals surface area contributed by atoms with E-state index in [-0.39, 0.29) is 0 Å². The monoisotopic (exact) mass is 312 g/mol. The van der Waals surface area contributed by atoms with E-state index in [0.717, 1.165) is 49.8 Å². The average molecular weight is 313 g/mol. The second-order valence-electron chi connectivity index (χ2n) is 4.56. The van der Waals surface area contributed by atoms with Crippen molar-refractivity contribution in [3.8, 4) is 0 Å². The zero-order valence-electron chi connectivity index (χ0n) is 12.3.